The monoisotopic (exact) mass is 438 g/mol. The van der Waals surface area contributed by atoms with Crippen molar-refractivity contribution in [1.82, 2.24) is 19.3 Å². The van der Waals surface area contributed by atoms with Gasteiger partial charge in [0.2, 0.25) is 0 Å². The first-order valence-electron chi connectivity index (χ1n) is 8.79. The highest BCUT2D eigenvalue weighted by Gasteiger charge is 2.26. The van der Waals surface area contributed by atoms with Crippen molar-refractivity contribution in [2.75, 3.05) is 36.3 Å². The number of carbonyl (C=O) groups is 1. The van der Waals surface area contributed by atoms with Crippen LogP contribution < -0.4 is 10.0 Å². The van der Waals surface area contributed by atoms with Gasteiger partial charge in [0.15, 0.2) is 11.5 Å². The average molecular weight is 438 g/mol. The van der Waals surface area contributed by atoms with Crippen LogP contribution in [0.2, 0.25) is 0 Å². The first-order valence-corrected chi connectivity index (χ1v) is 10.2. The molecule has 1 saturated heterocycles. The second kappa shape index (κ2) is 7.93. The fourth-order valence-electron chi connectivity index (χ4n) is 2.88. The molecule has 0 bridgehead atoms. The minimum Gasteiger partial charge on any atom is -0.379 e. The van der Waals surface area contributed by atoms with E-state index in [1.54, 1.807) is 0 Å². The summed E-state index contributed by atoms with van der Waals surface area (Å²) in [5.74, 6) is -3.15. The molecular formula is C17H16F2N6O4S. The summed E-state index contributed by atoms with van der Waals surface area (Å²) in [7, 11) is -4.08. The maximum atomic E-state index is 14.9. The Morgan fingerprint density at radius 3 is 2.73 bits per heavy atom. The van der Waals surface area contributed by atoms with Gasteiger partial charge in [0.05, 0.1) is 36.3 Å². The molecule has 1 aromatic carbocycles. The molecule has 10 nitrogen and oxygen atoms in total. The van der Waals surface area contributed by atoms with Crippen LogP contribution in [-0.2, 0) is 14.9 Å². The third kappa shape index (κ3) is 3.94. The van der Waals surface area contributed by atoms with Crippen molar-refractivity contribution in [1.29, 1.82) is 0 Å². The first-order chi connectivity index (χ1) is 14.3. The number of fused-ring (bicyclic) bond motifs is 1. The number of H-pyrrole nitrogens is 1. The average Bonchev–Trinajstić information content (AvgIpc) is 3.21. The highest BCUT2D eigenvalue weighted by atomic mass is 32.2. The number of aromatic amines is 1. The van der Waals surface area contributed by atoms with Gasteiger partial charge in [0.25, 0.3) is 5.91 Å². The summed E-state index contributed by atoms with van der Waals surface area (Å²) >= 11 is 0. The maximum Gasteiger partial charge on any atom is 0.301 e. The molecule has 1 aliphatic heterocycles. The van der Waals surface area contributed by atoms with Crippen molar-refractivity contribution in [3.63, 3.8) is 0 Å². The number of ether oxygens (including phenoxy) is 1. The van der Waals surface area contributed by atoms with E-state index in [1.807, 2.05) is 0 Å². The number of rotatable bonds is 5. The van der Waals surface area contributed by atoms with E-state index in [0.717, 1.165) is 16.4 Å². The zero-order chi connectivity index (χ0) is 21.3. The lowest BCUT2D eigenvalue weighted by molar-refractivity contribution is 0.0733. The molecule has 0 radical (unpaired) electrons. The van der Waals surface area contributed by atoms with Crippen LogP contribution in [-0.4, -0.2) is 59.9 Å². The Kier molecular flexibility index (Phi) is 5.32. The van der Waals surface area contributed by atoms with Crippen LogP contribution in [0.25, 0.3) is 11.2 Å². The van der Waals surface area contributed by atoms with E-state index in [4.69, 9.17) is 4.74 Å². The highest BCUT2D eigenvalue weighted by molar-refractivity contribution is 7.90. The second-order valence-electron chi connectivity index (χ2n) is 6.35. The molecule has 3 N–H and O–H groups in total. The Morgan fingerprint density at radius 1 is 1.20 bits per heavy atom. The second-order valence-corrected chi connectivity index (χ2v) is 8.02. The Balaban J connectivity index is 1.58. The lowest BCUT2D eigenvalue weighted by Gasteiger charge is -2.26. The van der Waals surface area contributed by atoms with Crippen LogP contribution in [0.4, 0.5) is 20.2 Å². The number of nitrogens with one attached hydrogen (secondary N) is 3. The maximum absolute atomic E-state index is 14.9. The number of pyridine rings is 1. The number of benzene rings is 1. The summed E-state index contributed by atoms with van der Waals surface area (Å²) in [5.41, 5.74) is -0.406. The van der Waals surface area contributed by atoms with Crippen LogP contribution in [0.15, 0.2) is 30.7 Å². The van der Waals surface area contributed by atoms with Crippen molar-refractivity contribution in [3.05, 3.63) is 47.9 Å². The zero-order valence-electron chi connectivity index (χ0n) is 15.4. The molecule has 0 atom stereocenters. The fraction of sp³-hybridized carbons (Fsp3) is 0.235. The number of morpholine rings is 1. The molecule has 13 heteroatoms. The van der Waals surface area contributed by atoms with Crippen molar-refractivity contribution < 1.29 is 26.7 Å². The normalized spacial score (nSPS) is 15.3. The van der Waals surface area contributed by atoms with Gasteiger partial charge in [-0.25, -0.2) is 18.7 Å². The van der Waals surface area contributed by atoms with Gasteiger partial charge in [0, 0.05) is 19.3 Å². The molecule has 158 valence electrons. The number of nitrogens with zero attached hydrogens (tertiary/aromatic N) is 3. The van der Waals surface area contributed by atoms with E-state index in [9.17, 15) is 22.0 Å². The van der Waals surface area contributed by atoms with E-state index >= 15 is 0 Å². The van der Waals surface area contributed by atoms with Crippen molar-refractivity contribution in [3.8, 4) is 0 Å². The topological polar surface area (TPSA) is 129 Å². The molecule has 3 aromatic rings. The molecule has 4 rings (SSSR count). The number of aromatic nitrogens is 3. The van der Waals surface area contributed by atoms with Gasteiger partial charge in [0.1, 0.15) is 11.5 Å². The molecule has 1 fully saturated rings. The third-order valence-electron chi connectivity index (χ3n) is 4.41. The first kappa shape index (κ1) is 20.1. The van der Waals surface area contributed by atoms with Crippen molar-refractivity contribution in [2.24, 2.45) is 0 Å². The van der Waals surface area contributed by atoms with Gasteiger partial charge in [-0.05, 0) is 18.2 Å². The zero-order valence-corrected chi connectivity index (χ0v) is 16.2. The van der Waals surface area contributed by atoms with E-state index in [1.165, 1.54) is 18.6 Å². The predicted octanol–water partition coefficient (Wildman–Crippen LogP) is 1.48. The summed E-state index contributed by atoms with van der Waals surface area (Å²) in [5, 5.41) is 2.13. The fourth-order valence-corrected chi connectivity index (χ4v) is 4.07. The molecule has 3 heterocycles. The largest absolute Gasteiger partial charge is 0.379 e. The molecule has 0 spiro atoms. The van der Waals surface area contributed by atoms with Gasteiger partial charge < -0.3 is 15.0 Å². The molecule has 2 aromatic heterocycles. The minimum absolute atomic E-state index is 0.0323. The van der Waals surface area contributed by atoms with Crippen LogP contribution in [0, 0.1) is 11.6 Å². The van der Waals surface area contributed by atoms with Gasteiger partial charge >= 0.3 is 10.2 Å². The smallest absolute Gasteiger partial charge is 0.301 e. The molecular weight excluding hydrogens is 422 g/mol. The van der Waals surface area contributed by atoms with Crippen molar-refractivity contribution >= 4 is 38.7 Å². The number of hydrogen-bond donors (Lipinski definition) is 3. The van der Waals surface area contributed by atoms with Gasteiger partial charge in [-0.15, -0.1) is 0 Å². The number of halogens is 2. The molecule has 1 amide bonds. The molecule has 0 aliphatic carbocycles. The summed E-state index contributed by atoms with van der Waals surface area (Å²) in [4.78, 5) is 23.1. The Morgan fingerprint density at radius 2 is 1.97 bits per heavy atom. The van der Waals surface area contributed by atoms with E-state index < -0.39 is 39.1 Å². The Hall–Kier alpha value is -3.16. The number of imidazole rings is 1. The number of hydrogen-bond acceptors (Lipinski definition) is 6. The minimum atomic E-state index is -4.08. The molecule has 30 heavy (non-hydrogen) atoms. The van der Waals surface area contributed by atoms with E-state index in [2.05, 4.69) is 25.0 Å². The highest BCUT2D eigenvalue weighted by Crippen LogP contribution is 2.28. The summed E-state index contributed by atoms with van der Waals surface area (Å²) in [6.45, 7) is 0.626. The number of anilines is 2. The Labute approximate surface area is 169 Å². The van der Waals surface area contributed by atoms with Crippen LogP contribution >= 0.6 is 0 Å². The summed E-state index contributed by atoms with van der Waals surface area (Å²) < 4.78 is 62.2. The van der Waals surface area contributed by atoms with Crippen LogP contribution in [0.5, 0.6) is 0 Å². The Bertz CT molecular complexity index is 1210. The summed E-state index contributed by atoms with van der Waals surface area (Å²) in [6, 6.07) is 3.22. The number of amides is 1. The van der Waals surface area contributed by atoms with Crippen molar-refractivity contribution in [2.45, 2.75) is 0 Å². The molecule has 1 aliphatic rings. The standard InChI is InChI=1S/C17H16F2N6O4S/c18-11-1-2-12(24-30(27,28)25-3-5-29-6-4-25)14(19)15(11)23-17(26)10-7-13-16(20-8-10)22-9-21-13/h1-2,7-9,24H,3-6H2,(H,23,26)(H,20,21,22). The van der Waals surface area contributed by atoms with Gasteiger partial charge in [-0.2, -0.15) is 12.7 Å². The van der Waals surface area contributed by atoms with E-state index in [-0.39, 0.29) is 31.9 Å². The predicted molar refractivity (Wildman–Crippen MR) is 103 cm³/mol. The van der Waals surface area contributed by atoms with Gasteiger partial charge in [-0.3, -0.25) is 9.52 Å². The lowest BCUT2D eigenvalue weighted by atomic mass is 10.2. The molecule has 0 unspecified atom stereocenters. The number of carbonyl (C=O) groups excluding carboxylic acids is 1. The quantitative estimate of drug-likeness (QED) is 0.553. The third-order valence-corrected chi connectivity index (χ3v) is 5.94. The summed E-state index contributed by atoms with van der Waals surface area (Å²) in [6.07, 6.45) is 2.60. The van der Waals surface area contributed by atoms with E-state index in [0.29, 0.717) is 11.2 Å². The van der Waals surface area contributed by atoms with Crippen LogP contribution in [0.3, 0.4) is 0 Å². The van der Waals surface area contributed by atoms with Gasteiger partial charge in [-0.1, -0.05) is 0 Å². The lowest BCUT2D eigenvalue weighted by Crippen LogP contribution is -2.43. The molecule has 0 saturated carbocycles. The van der Waals surface area contributed by atoms with Crippen LogP contribution in [0.1, 0.15) is 10.4 Å². The SMILES string of the molecule is O=C(Nc1c(F)ccc(NS(=O)(=O)N2CCOCC2)c1F)c1cnc2nc[nH]c2c1.